The minimum Gasteiger partial charge on any atom is -0.435 e. The first-order valence-corrected chi connectivity index (χ1v) is 6.29. The third-order valence-electron chi connectivity index (χ3n) is 3.15. The van der Waals surface area contributed by atoms with Crippen molar-refractivity contribution in [2.24, 2.45) is 0 Å². The number of carbonyl (C=O) groups is 1. The van der Waals surface area contributed by atoms with Gasteiger partial charge in [0, 0.05) is 25.2 Å². The number of likely N-dealkylation sites (tertiary alicyclic amines) is 1. The van der Waals surface area contributed by atoms with Crippen molar-refractivity contribution in [1.82, 2.24) is 9.88 Å². The lowest BCUT2D eigenvalue weighted by atomic mass is 10.3. The van der Waals surface area contributed by atoms with Crippen LogP contribution in [0.2, 0.25) is 0 Å². The Kier molecular flexibility index (Phi) is 3.00. The third-order valence-corrected chi connectivity index (χ3v) is 3.15. The molecule has 0 aliphatic carbocycles. The number of halogens is 2. The number of amides is 1. The number of hydrogen-bond acceptors (Lipinski definition) is 3. The van der Waals surface area contributed by atoms with Gasteiger partial charge in [0.25, 0.3) is 5.89 Å². The van der Waals surface area contributed by atoms with Gasteiger partial charge in [0.15, 0.2) is 5.58 Å². The first-order chi connectivity index (χ1) is 9.56. The van der Waals surface area contributed by atoms with Crippen molar-refractivity contribution in [3.05, 3.63) is 42.4 Å². The fraction of sp³-hybridized carbons (Fsp3) is 0.286. The summed E-state index contributed by atoms with van der Waals surface area (Å²) in [5, 5.41) is 0. The van der Waals surface area contributed by atoms with Crippen molar-refractivity contribution < 1.29 is 18.0 Å². The van der Waals surface area contributed by atoms with Crippen LogP contribution in [0.25, 0.3) is 11.1 Å². The Morgan fingerprint density at radius 3 is 2.85 bits per heavy atom. The highest BCUT2D eigenvalue weighted by atomic mass is 19.3. The molecule has 2 aromatic rings. The second-order valence-electron chi connectivity index (χ2n) is 4.62. The van der Waals surface area contributed by atoms with E-state index in [-0.39, 0.29) is 5.91 Å². The molecule has 1 amide bonds. The molecule has 0 spiro atoms. The number of oxazole rings is 1. The first-order valence-electron chi connectivity index (χ1n) is 6.29. The van der Waals surface area contributed by atoms with E-state index < -0.39 is 11.8 Å². The average molecular weight is 278 g/mol. The second kappa shape index (κ2) is 4.70. The first kappa shape index (κ1) is 12.8. The molecule has 0 bridgehead atoms. The van der Waals surface area contributed by atoms with Crippen LogP contribution in [0.15, 0.2) is 41.0 Å². The van der Waals surface area contributed by atoms with Gasteiger partial charge in [-0.1, -0.05) is 12.1 Å². The molecular weight excluding hydrogens is 266 g/mol. The summed E-state index contributed by atoms with van der Waals surface area (Å²) in [5.74, 6) is -4.15. The summed E-state index contributed by atoms with van der Waals surface area (Å²) in [6.45, 7) is 0.471. The van der Waals surface area contributed by atoms with Gasteiger partial charge in [-0.2, -0.15) is 8.78 Å². The molecule has 1 saturated heterocycles. The number of alkyl halides is 2. The minimum absolute atomic E-state index is 0.144. The number of rotatable bonds is 3. The van der Waals surface area contributed by atoms with Crippen LogP contribution in [-0.4, -0.2) is 22.3 Å². The van der Waals surface area contributed by atoms with Gasteiger partial charge in [-0.05, 0) is 18.6 Å². The number of aromatic nitrogens is 1. The molecule has 1 aromatic heterocycles. The predicted octanol–water partition coefficient (Wildman–Crippen LogP) is 3.06. The number of fused-ring (bicyclic) bond motifs is 1. The molecule has 1 fully saturated rings. The smallest absolute Gasteiger partial charge is 0.342 e. The molecule has 104 valence electrons. The molecule has 0 radical (unpaired) electrons. The topological polar surface area (TPSA) is 46.3 Å². The normalized spacial score (nSPS) is 16.7. The zero-order valence-corrected chi connectivity index (χ0v) is 10.6. The molecule has 0 unspecified atom stereocenters. The summed E-state index contributed by atoms with van der Waals surface area (Å²) in [5.41, 5.74) is 0.695. The Bertz CT molecular complexity index is 646. The molecule has 0 N–H and O–H groups in total. The number of hydrogen-bond donors (Lipinski definition) is 0. The lowest BCUT2D eigenvalue weighted by Gasteiger charge is -2.11. The quantitative estimate of drug-likeness (QED) is 0.866. The van der Waals surface area contributed by atoms with Gasteiger partial charge < -0.3 is 9.32 Å². The van der Waals surface area contributed by atoms with Crippen LogP contribution in [0, 0.1) is 0 Å². The Morgan fingerprint density at radius 1 is 1.35 bits per heavy atom. The van der Waals surface area contributed by atoms with Crippen molar-refractivity contribution in [2.75, 3.05) is 6.54 Å². The average Bonchev–Trinajstić information content (AvgIpc) is 3.02. The van der Waals surface area contributed by atoms with Crippen molar-refractivity contribution >= 4 is 17.0 Å². The lowest BCUT2D eigenvalue weighted by molar-refractivity contribution is -0.125. The van der Waals surface area contributed by atoms with Gasteiger partial charge in [-0.15, -0.1) is 0 Å². The summed E-state index contributed by atoms with van der Waals surface area (Å²) < 4.78 is 33.0. The van der Waals surface area contributed by atoms with E-state index in [0.29, 0.717) is 36.6 Å². The van der Waals surface area contributed by atoms with E-state index in [2.05, 4.69) is 4.98 Å². The Balaban J connectivity index is 1.86. The number of allylic oxidation sites excluding steroid dienone is 1. The molecule has 1 aromatic carbocycles. The van der Waals surface area contributed by atoms with Crippen molar-refractivity contribution in [1.29, 1.82) is 0 Å². The maximum absolute atomic E-state index is 14.0. The number of benzene rings is 1. The van der Waals surface area contributed by atoms with E-state index in [9.17, 15) is 13.6 Å². The number of carbonyl (C=O) groups excluding carboxylic acids is 1. The highest BCUT2D eigenvalue weighted by Crippen LogP contribution is 2.31. The minimum atomic E-state index is -3.35. The monoisotopic (exact) mass is 278 g/mol. The molecule has 2 heterocycles. The summed E-state index contributed by atoms with van der Waals surface area (Å²) >= 11 is 0. The molecule has 20 heavy (non-hydrogen) atoms. The SMILES string of the molecule is O=C1CCCN1/C=C/C(F)(F)c1nc2ccccc2o1. The van der Waals surface area contributed by atoms with Gasteiger partial charge in [0.1, 0.15) is 5.52 Å². The van der Waals surface area contributed by atoms with Crippen LogP contribution in [0.3, 0.4) is 0 Å². The van der Waals surface area contributed by atoms with E-state index in [1.165, 1.54) is 4.90 Å². The van der Waals surface area contributed by atoms with Gasteiger partial charge in [-0.25, -0.2) is 4.98 Å². The fourth-order valence-corrected chi connectivity index (χ4v) is 2.10. The standard InChI is InChI=1S/C14H12F2N2O2/c15-14(16,7-9-18-8-3-6-12(18)19)13-17-10-4-1-2-5-11(10)20-13/h1-2,4-5,7,9H,3,6,8H2/b9-7+. The summed E-state index contributed by atoms with van der Waals surface area (Å²) in [7, 11) is 0. The molecule has 1 aliphatic heterocycles. The van der Waals surface area contributed by atoms with E-state index in [1.807, 2.05) is 0 Å². The molecule has 6 heteroatoms. The molecule has 0 atom stereocenters. The Labute approximate surface area is 113 Å². The molecular formula is C14H12F2N2O2. The maximum Gasteiger partial charge on any atom is 0.342 e. The van der Waals surface area contributed by atoms with Crippen molar-refractivity contribution in [3.8, 4) is 0 Å². The molecule has 3 rings (SSSR count). The molecule has 1 aliphatic rings. The number of para-hydroxylation sites is 2. The second-order valence-corrected chi connectivity index (χ2v) is 4.62. The van der Waals surface area contributed by atoms with Crippen LogP contribution in [0.5, 0.6) is 0 Å². The lowest BCUT2D eigenvalue weighted by Crippen LogP contribution is -2.19. The summed E-state index contributed by atoms with van der Waals surface area (Å²) in [4.78, 5) is 16.4. The highest BCUT2D eigenvalue weighted by Gasteiger charge is 2.35. The zero-order valence-electron chi connectivity index (χ0n) is 10.6. The maximum atomic E-state index is 14.0. The third kappa shape index (κ3) is 2.29. The predicted molar refractivity (Wildman–Crippen MR) is 68.0 cm³/mol. The van der Waals surface area contributed by atoms with E-state index in [0.717, 1.165) is 6.20 Å². The Hall–Kier alpha value is -2.24. The van der Waals surface area contributed by atoms with E-state index in [4.69, 9.17) is 4.42 Å². The van der Waals surface area contributed by atoms with E-state index >= 15 is 0 Å². The van der Waals surface area contributed by atoms with Crippen molar-refractivity contribution in [2.45, 2.75) is 18.8 Å². The van der Waals surface area contributed by atoms with Crippen LogP contribution in [0.1, 0.15) is 18.7 Å². The number of nitrogens with zero attached hydrogens (tertiary/aromatic N) is 2. The fourth-order valence-electron chi connectivity index (χ4n) is 2.10. The van der Waals surface area contributed by atoms with Crippen LogP contribution in [-0.2, 0) is 10.7 Å². The Morgan fingerprint density at radius 2 is 2.15 bits per heavy atom. The molecule has 0 saturated carbocycles. The summed E-state index contributed by atoms with van der Waals surface area (Å²) in [6.07, 6.45) is 2.86. The van der Waals surface area contributed by atoms with Crippen LogP contribution < -0.4 is 0 Å². The van der Waals surface area contributed by atoms with Crippen LogP contribution in [0.4, 0.5) is 8.78 Å². The zero-order chi connectivity index (χ0) is 14.2. The van der Waals surface area contributed by atoms with E-state index in [1.54, 1.807) is 24.3 Å². The highest BCUT2D eigenvalue weighted by molar-refractivity contribution is 5.79. The van der Waals surface area contributed by atoms with Gasteiger partial charge >= 0.3 is 5.92 Å². The van der Waals surface area contributed by atoms with Gasteiger partial charge in [0.2, 0.25) is 5.91 Å². The summed E-state index contributed by atoms with van der Waals surface area (Å²) in [6, 6.07) is 6.57. The van der Waals surface area contributed by atoms with Crippen LogP contribution >= 0.6 is 0 Å². The van der Waals surface area contributed by atoms with Gasteiger partial charge in [-0.3, -0.25) is 4.79 Å². The largest absolute Gasteiger partial charge is 0.435 e. The van der Waals surface area contributed by atoms with Crippen molar-refractivity contribution in [3.63, 3.8) is 0 Å². The van der Waals surface area contributed by atoms with Gasteiger partial charge in [0.05, 0.1) is 0 Å². The molecule has 4 nitrogen and oxygen atoms in total.